The van der Waals surface area contributed by atoms with E-state index in [-0.39, 0.29) is 11.9 Å². The van der Waals surface area contributed by atoms with E-state index in [0.717, 1.165) is 31.7 Å². The van der Waals surface area contributed by atoms with E-state index < -0.39 is 0 Å². The average Bonchev–Trinajstić information content (AvgIpc) is 2.35. The highest BCUT2D eigenvalue weighted by Gasteiger charge is 2.26. The van der Waals surface area contributed by atoms with E-state index in [1.165, 1.54) is 6.07 Å². The van der Waals surface area contributed by atoms with Gasteiger partial charge >= 0.3 is 0 Å². The normalized spacial score (nSPS) is 25.3. The average molecular weight is 316 g/mol. The molecule has 0 radical (unpaired) electrons. The van der Waals surface area contributed by atoms with Gasteiger partial charge in [-0.05, 0) is 40.9 Å². The van der Waals surface area contributed by atoms with Crippen LogP contribution in [-0.2, 0) is 11.3 Å². The fourth-order valence-electron chi connectivity index (χ4n) is 2.37. The Morgan fingerprint density at radius 1 is 1.50 bits per heavy atom. The van der Waals surface area contributed by atoms with Crippen molar-refractivity contribution >= 4 is 15.9 Å². The fraction of sp³-hybridized carbons (Fsp3) is 0.571. The maximum absolute atomic E-state index is 13.5. The van der Waals surface area contributed by atoms with Gasteiger partial charge in [0.15, 0.2) is 0 Å². The summed E-state index contributed by atoms with van der Waals surface area (Å²) in [6.45, 7) is 6.69. The van der Waals surface area contributed by atoms with Crippen molar-refractivity contribution in [1.29, 1.82) is 0 Å². The van der Waals surface area contributed by atoms with Crippen molar-refractivity contribution in [2.45, 2.75) is 39.0 Å². The van der Waals surface area contributed by atoms with Crippen LogP contribution < -0.4 is 0 Å². The zero-order valence-electron chi connectivity index (χ0n) is 10.8. The van der Waals surface area contributed by atoms with Crippen molar-refractivity contribution in [2.24, 2.45) is 0 Å². The molecular formula is C14H19BrFNO. The minimum Gasteiger partial charge on any atom is -0.376 e. The molecule has 4 heteroatoms. The van der Waals surface area contributed by atoms with Crippen molar-refractivity contribution in [2.75, 3.05) is 13.2 Å². The van der Waals surface area contributed by atoms with Gasteiger partial charge in [0.1, 0.15) is 5.82 Å². The quantitative estimate of drug-likeness (QED) is 0.845. The summed E-state index contributed by atoms with van der Waals surface area (Å²) in [4.78, 5) is 2.38. The van der Waals surface area contributed by atoms with Gasteiger partial charge in [-0.25, -0.2) is 4.39 Å². The first-order chi connectivity index (χ1) is 8.61. The van der Waals surface area contributed by atoms with Crippen LogP contribution in [-0.4, -0.2) is 30.2 Å². The molecule has 1 saturated heterocycles. The van der Waals surface area contributed by atoms with E-state index in [9.17, 15) is 4.39 Å². The molecule has 0 amide bonds. The molecule has 0 aromatic heterocycles. The van der Waals surface area contributed by atoms with Gasteiger partial charge < -0.3 is 4.74 Å². The van der Waals surface area contributed by atoms with Crippen molar-refractivity contribution in [3.63, 3.8) is 0 Å². The second-order valence-corrected chi connectivity index (χ2v) is 5.64. The third-order valence-electron chi connectivity index (χ3n) is 3.46. The van der Waals surface area contributed by atoms with Crippen LogP contribution in [0.3, 0.4) is 0 Å². The van der Waals surface area contributed by atoms with E-state index in [1.807, 2.05) is 6.07 Å². The number of hydrogen-bond acceptors (Lipinski definition) is 2. The second kappa shape index (κ2) is 6.13. The van der Waals surface area contributed by atoms with Gasteiger partial charge in [0.05, 0.1) is 17.2 Å². The fourth-order valence-corrected chi connectivity index (χ4v) is 2.76. The molecule has 0 spiro atoms. The summed E-state index contributed by atoms with van der Waals surface area (Å²) in [5.41, 5.74) is 1.00. The lowest BCUT2D eigenvalue weighted by Gasteiger charge is -2.38. The summed E-state index contributed by atoms with van der Waals surface area (Å²) >= 11 is 3.33. The lowest BCUT2D eigenvalue weighted by atomic mass is 10.1. The van der Waals surface area contributed by atoms with E-state index in [1.54, 1.807) is 6.07 Å². The number of benzene rings is 1. The van der Waals surface area contributed by atoms with Crippen LogP contribution in [0, 0.1) is 5.82 Å². The first-order valence-corrected chi connectivity index (χ1v) is 7.19. The first-order valence-electron chi connectivity index (χ1n) is 6.40. The number of halogens is 2. The lowest BCUT2D eigenvalue weighted by molar-refractivity contribution is -0.0592. The molecule has 1 heterocycles. The predicted molar refractivity (Wildman–Crippen MR) is 74.0 cm³/mol. The molecule has 2 unspecified atom stereocenters. The van der Waals surface area contributed by atoms with Crippen molar-refractivity contribution in [3.05, 3.63) is 34.1 Å². The first kappa shape index (κ1) is 14.0. The third kappa shape index (κ3) is 3.11. The molecule has 0 aliphatic carbocycles. The molecule has 0 N–H and O–H groups in total. The molecule has 18 heavy (non-hydrogen) atoms. The largest absolute Gasteiger partial charge is 0.376 e. The van der Waals surface area contributed by atoms with E-state index in [2.05, 4.69) is 34.7 Å². The van der Waals surface area contributed by atoms with Gasteiger partial charge in [-0.3, -0.25) is 4.90 Å². The number of hydrogen-bond donors (Lipinski definition) is 0. The van der Waals surface area contributed by atoms with Crippen LogP contribution in [0.25, 0.3) is 0 Å². The van der Waals surface area contributed by atoms with Crippen LogP contribution in [0.2, 0.25) is 0 Å². The molecule has 2 nitrogen and oxygen atoms in total. The highest BCUT2D eigenvalue weighted by Crippen LogP contribution is 2.24. The zero-order chi connectivity index (χ0) is 13.1. The van der Waals surface area contributed by atoms with Crippen LogP contribution in [0.4, 0.5) is 4.39 Å². The van der Waals surface area contributed by atoms with Crippen LogP contribution >= 0.6 is 15.9 Å². The molecule has 0 bridgehead atoms. The molecule has 1 aliphatic rings. The topological polar surface area (TPSA) is 12.5 Å². The summed E-state index contributed by atoms with van der Waals surface area (Å²) in [7, 11) is 0. The van der Waals surface area contributed by atoms with Gasteiger partial charge in [0.2, 0.25) is 0 Å². The zero-order valence-corrected chi connectivity index (χ0v) is 12.4. The second-order valence-electron chi connectivity index (χ2n) is 4.85. The summed E-state index contributed by atoms with van der Waals surface area (Å²) in [5.74, 6) is -0.193. The van der Waals surface area contributed by atoms with Crippen LogP contribution in [0.1, 0.15) is 25.8 Å². The van der Waals surface area contributed by atoms with Crippen molar-refractivity contribution < 1.29 is 9.13 Å². The highest BCUT2D eigenvalue weighted by molar-refractivity contribution is 9.10. The van der Waals surface area contributed by atoms with Crippen molar-refractivity contribution in [1.82, 2.24) is 4.90 Å². The molecular weight excluding hydrogens is 297 g/mol. The SMILES string of the molecule is CCC1COC(C)CN1Cc1cccc(F)c1Br. The number of morpholine rings is 1. The third-order valence-corrected chi connectivity index (χ3v) is 4.35. The molecule has 1 aromatic carbocycles. The van der Waals surface area contributed by atoms with Crippen LogP contribution in [0.15, 0.2) is 22.7 Å². The molecule has 0 saturated carbocycles. The van der Waals surface area contributed by atoms with Crippen LogP contribution in [0.5, 0.6) is 0 Å². The van der Waals surface area contributed by atoms with Gasteiger partial charge in [0.25, 0.3) is 0 Å². The lowest BCUT2D eigenvalue weighted by Crippen LogP contribution is -2.47. The molecule has 1 aliphatic heterocycles. The Hall–Kier alpha value is -0.450. The summed E-state index contributed by atoms with van der Waals surface area (Å²) in [5, 5.41) is 0. The monoisotopic (exact) mass is 315 g/mol. The molecule has 2 rings (SSSR count). The van der Waals surface area contributed by atoms with Gasteiger partial charge in [0, 0.05) is 19.1 Å². The molecule has 1 aromatic rings. The number of ether oxygens (including phenoxy) is 1. The Morgan fingerprint density at radius 2 is 2.28 bits per heavy atom. The maximum atomic E-state index is 13.5. The smallest absolute Gasteiger partial charge is 0.137 e. The minimum atomic E-state index is -0.193. The summed E-state index contributed by atoms with van der Waals surface area (Å²) < 4.78 is 19.8. The Bertz CT molecular complexity index is 413. The number of rotatable bonds is 3. The summed E-state index contributed by atoms with van der Waals surface area (Å²) in [6.07, 6.45) is 1.31. The Morgan fingerprint density at radius 3 is 3.00 bits per heavy atom. The Balaban J connectivity index is 2.13. The highest BCUT2D eigenvalue weighted by atomic mass is 79.9. The van der Waals surface area contributed by atoms with Gasteiger partial charge in [-0.15, -0.1) is 0 Å². The van der Waals surface area contributed by atoms with E-state index in [0.29, 0.717) is 10.5 Å². The van der Waals surface area contributed by atoms with Gasteiger partial charge in [-0.1, -0.05) is 19.1 Å². The Kier molecular flexibility index (Phi) is 4.76. The molecule has 1 fully saturated rings. The Labute approximate surface area is 116 Å². The van der Waals surface area contributed by atoms with Gasteiger partial charge in [-0.2, -0.15) is 0 Å². The minimum absolute atomic E-state index is 0.193. The molecule has 100 valence electrons. The number of nitrogens with zero attached hydrogens (tertiary/aromatic N) is 1. The summed E-state index contributed by atoms with van der Waals surface area (Å²) in [6, 6.07) is 5.64. The predicted octanol–water partition coefficient (Wildman–Crippen LogP) is 3.59. The van der Waals surface area contributed by atoms with Crippen molar-refractivity contribution in [3.8, 4) is 0 Å². The van der Waals surface area contributed by atoms with E-state index >= 15 is 0 Å². The maximum Gasteiger partial charge on any atom is 0.137 e. The standard InChI is InChI=1S/C14H19BrFNO/c1-3-12-9-18-10(2)7-17(12)8-11-5-4-6-13(16)14(11)15/h4-6,10,12H,3,7-9H2,1-2H3. The van der Waals surface area contributed by atoms with E-state index in [4.69, 9.17) is 4.74 Å². The molecule has 2 atom stereocenters.